The Balaban J connectivity index is 1.96. The van der Waals surface area contributed by atoms with Crippen LogP contribution >= 0.6 is 0 Å². The van der Waals surface area contributed by atoms with E-state index in [2.05, 4.69) is 10.6 Å². The van der Waals surface area contributed by atoms with E-state index in [4.69, 9.17) is 0 Å². The number of aliphatic hydroxyl groups excluding tert-OH is 1. The number of hydrogen-bond acceptors (Lipinski definition) is 4. The third kappa shape index (κ3) is 2.35. The van der Waals surface area contributed by atoms with Crippen molar-refractivity contribution in [3.05, 3.63) is 0 Å². The van der Waals surface area contributed by atoms with Crippen LogP contribution in [0.4, 0.5) is 0 Å². The van der Waals surface area contributed by atoms with Crippen molar-refractivity contribution in [1.82, 2.24) is 15.5 Å². The number of amides is 2. The summed E-state index contributed by atoms with van der Waals surface area (Å²) < 4.78 is 0. The number of hydrogen-bond donors (Lipinski definition) is 3. The predicted molar refractivity (Wildman–Crippen MR) is 65.7 cm³/mol. The maximum absolute atomic E-state index is 12.3. The molecule has 2 rings (SSSR count). The molecule has 0 aromatic heterocycles. The number of rotatable bonds is 3. The lowest BCUT2D eigenvalue weighted by molar-refractivity contribution is -0.148. The second-order valence-corrected chi connectivity index (χ2v) is 5.16. The lowest BCUT2D eigenvalue weighted by Crippen LogP contribution is -2.66. The zero-order valence-corrected chi connectivity index (χ0v) is 10.8. The van der Waals surface area contributed by atoms with Crippen LogP contribution in [0.3, 0.4) is 0 Å². The quantitative estimate of drug-likeness (QED) is 0.539. The van der Waals surface area contributed by atoms with E-state index in [1.54, 1.807) is 6.92 Å². The van der Waals surface area contributed by atoms with E-state index in [0.29, 0.717) is 13.1 Å². The smallest absolute Gasteiger partial charge is 0.228 e. The second kappa shape index (κ2) is 5.24. The zero-order chi connectivity index (χ0) is 13.3. The van der Waals surface area contributed by atoms with Crippen molar-refractivity contribution >= 4 is 11.8 Å². The van der Waals surface area contributed by atoms with Gasteiger partial charge in [-0.3, -0.25) is 9.59 Å². The molecule has 0 saturated carbocycles. The standard InChI is InChI=1S/C12H21N3O3/c1-7(10-9(8(2)16)11(17)14-10)12(18)15-5-3-13-4-6-15/h7-10,13,16H,3-6H2,1-2H3,(H,14,17)/t7-,8-,9-,10-/m1/s1. The fourth-order valence-corrected chi connectivity index (χ4v) is 2.70. The summed E-state index contributed by atoms with van der Waals surface area (Å²) in [7, 11) is 0. The highest BCUT2D eigenvalue weighted by atomic mass is 16.3. The molecule has 0 bridgehead atoms. The van der Waals surface area contributed by atoms with E-state index in [1.165, 1.54) is 0 Å². The van der Waals surface area contributed by atoms with Crippen molar-refractivity contribution in [3.63, 3.8) is 0 Å². The predicted octanol–water partition coefficient (Wildman–Crippen LogP) is -1.45. The minimum atomic E-state index is -0.706. The molecule has 0 aromatic rings. The summed E-state index contributed by atoms with van der Waals surface area (Å²) in [5.74, 6) is -0.825. The van der Waals surface area contributed by atoms with Gasteiger partial charge < -0.3 is 20.6 Å². The van der Waals surface area contributed by atoms with Crippen LogP contribution in [0.1, 0.15) is 13.8 Å². The number of aliphatic hydroxyl groups is 1. The van der Waals surface area contributed by atoms with Crippen LogP contribution in [0.25, 0.3) is 0 Å². The number of nitrogens with one attached hydrogen (secondary N) is 2. The number of carbonyl (C=O) groups excluding carboxylic acids is 2. The Labute approximate surface area is 107 Å². The van der Waals surface area contributed by atoms with Crippen molar-refractivity contribution in [2.45, 2.75) is 26.0 Å². The molecule has 0 aromatic carbocycles. The van der Waals surface area contributed by atoms with Gasteiger partial charge in [0.05, 0.1) is 24.0 Å². The lowest BCUT2D eigenvalue weighted by atomic mass is 9.78. The summed E-state index contributed by atoms with van der Waals surface area (Å²) in [4.78, 5) is 25.5. The number of β-lactam (4-membered cyclic amide) rings is 1. The minimum Gasteiger partial charge on any atom is -0.393 e. The molecule has 6 nitrogen and oxygen atoms in total. The summed E-state index contributed by atoms with van der Waals surface area (Å²) in [6, 6.07) is -0.236. The van der Waals surface area contributed by atoms with Gasteiger partial charge in [0.2, 0.25) is 11.8 Å². The Morgan fingerprint density at radius 1 is 1.39 bits per heavy atom. The molecule has 2 amide bonds. The second-order valence-electron chi connectivity index (χ2n) is 5.16. The first-order valence-corrected chi connectivity index (χ1v) is 6.50. The topological polar surface area (TPSA) is 81.7 Å². The SMILES string of the molecule is C[C@@H](O)[C@H]1C(=O)N[C@@H]1[C@@H](C)C(=O)N1CCNCC1. The number of nitrogens with zero attached hydrogens (tertiary/aromatic N) is 1. The van der Waals surface area contributed by atoms with Crippen molar-refractivity contribution < 1.29 is 14.7 Å². The first kappa shape index (κ1) is 13.3. The lowest BCUT2D eigenvalue weighted by Gasteiger charge is -2.43. The monoisotopic (exact) mass is 255 g/mol. The third-order valence-electron chi connectivity index (χ3n) is 3.88. The molecule has 4 atom stereocenters. The highest BCUT2D eigenvalue weighted by Crippen LogP contribution is 2.26. The molecule has 3 N–H and O–H groups in total. The summed E-state index contributed by atoms with van der Waals surface area (Å²) in [6.45, 7) is 6.47. The van der Waals surface area contributed by atoms with Crippen LogP contribution in [0.2, 0.25) is 0 Å². The third-order valence-corrected chi connectivity index (χ3v) is 3.88. The fourth-order valence-electron chi connectivity index (χ4n) is 2.70. The normalized spacial score (nSPS) is 31.3. The van der Waals surface area contributed by atoms with Gasteiger partial charge in [-0.25, -0.2) is 0 Å². The summed E-state index contributed by atoms with van der Waals surface area (Å²) in [6.07, 6.45) is -0.706. The fraction of sp³-hybridized carbons (Fsp3) is 0.833. The van der Waals surface area contributed by atoms with Gasteiger partial charge in [0, 0.05) is 26.2 Å². The van der Waals surface area contributed by atoms with Gasteiger partial charge in [-0.05, 0) is 6.92 Å². The van der Waals surface area contributed by atoms with E-state index in [-0.39, 0.29) is 23.8 Å². The first-order chi connectivity index (χ1) is 8.52. The van der Waals surface area contributed by atoms with Crippen molar-refractivity contribution in [2.75, 3.05) is 26.2 Å². The summed E-state index contributed by atoms with van der Waals surface area (Å²) in [5, 5.41) is 15.5. The Morgan fingerprint density at radius 2 is 2.00 bits per heavy atom. The molecule has 2 fully saturated rings. The van der Waals surface area contributed by atoms with Gasteiger partial charge in [-0.1, -0.05) is 6.92 Å². The van der Waals surface area contributed by atoms with Crippen molar-refractivity contribution in [1.29, 1.82) is 0 Å². The number of piperazine rings is 1. The van der Waals surface area contributed by atoms with E-state index in [0.717, 1.165) is 13.1 Å². The van der Waals surface area contributed by atoms with Crippen molar-refractivity contribution in [2.24, 2.45) is 11.8 Å². The maximum Gasteiger partial charge on any atom is 0.228 e. The minimum absolute atomic E-state index is 0.0622. The van der Waals surface area contributed by atoms with Gasteiger partial charge in [-0.2, -0.15) is 0 Å². The maximum atomic E-state index is 12.3. The van der Waals surface area contributed by atoms with Crippen LogP contribution in [0, 0.1) is 11.8 Å². The Hall–Kier alpha value is -1.14. The molecule has 2 aliphatic rings. The summed E-state index contributed by atoms with van der Waals surface area (Å²) >= 11 is 0. The Morgan fingerprint density at radius 3 is 2.50 bits per heavy atom. The molecule has 0 aliphatic carbocycles. The molecule has 102 valence electrons. The highest BCUT2D eigenvalue weighted by molar-refractivity contribution is 5.90. The van der Waals surface area contributed by atoms with Gasteiger partial charge in [0.15, 0.2) is 0 Å². The molecular formula is C12H21N3O3. The molecule has 2 heterocycles. The largest absolute Gasteiger partial charge is 0.393 e. The van der Waals surface area contributed by atoms with Gasteiger partial charge in [0.25, 0.3) is 0 Å². The number of carbonyl (C=O) groups is 2. The highest BCUT2D eigenvalue weighted by Gasteiger charge is 2.47. The molecule has 2 saturated heterocycles. The van der Waals surface area contributed by atoms with Crippen LogP contribution in [0.5, 0.6) is 0 Å². The van der Waals surface area contributed by atoms with Gasteiger partial charge in [0.1, 0.15) is 0 Å². The van der Waals surface area contributed by atoms with E-state index in [9.17, 15) is 14.7 Å². The van der Waals surface area contributed by atoms with E-state index in [1.807, 2.05) is 11.8 Å². The van der Waals surface area contributed by atoms with Crippen LogP contribution in [-0.2, 0) is 9.59 Å². The summed E-state index contributed by atoms with van der Waals surface area (Å²) in [5.41, 5.74) is 0. The first-order valence-electron chi connectivity index (χ1n) is 6.50. The molecule has 6 heteroatoms. The molecule has 0 unspecified atom stereocenters. The average Bonchev–Trinajstić information content (AvgIpc) is 2.34. The zero-order valence-electron chi connectivity index (χ0n) is 10.8. The van der Waals surface area contributed by atoms with Crippen molar-refractivity contribution in [3.8, 4) is 0 Å². The molecule has 0 radical (unpaired) electrons. The van der Waals surface area contributed by atoms with Gasteiger partial charge in [-0.15, -0.1) is 0 Å². The van der Waals surface area contributed by atoms with Crippen LogP contribution < -0.4 is 10.6 Å². The Bertz CT molecular complexity index is 339. The molecule has 2 aliphatic heterocycles. The Kier molecular flexibility index (Phi) is 3.87. The molecular weight excluding hydrogens is 234 g/mol. The molecule has 18 heavy (non-hydrogen) atoms. The van der Waals surface area contributed by atoms with E-state index >= 15 is 0 Å². The average molecular weight is 255 g/mol. The van der Waals surface area contributed by atoms with Crippen LogP contribution in [-0.4, -0.2) is 60.1 Å². The van der Waals surface area contributed by atoms with Crippen LogP contribution in [0.15, 0.2) is 0 Å². The van der Waals surface area contributed by atoms with Gasteiger partial charge >= 0.3 is 0 Å². The van der Waals surface area contributed by atoms with E-state index < -0.39 is 12.0 Å². The molecule has 0 spiro atoms.